The van der Waals surface area contributed by atoms with Crippen LogP contribution in [-0.2, 0) is 19.2 Å². The van der Waals surface area contributed by atoms with Gasteiger partial charge in [0.05, 0.1) is 12.8 Å². The first kappa shape index (κ1) is 30.9. The quantitative estimate of drug-likeness (QED) is 0.256. The van der Waals surface area contributed by atoms with Crippen LogP contribution in [0.3, 0.4) is 0 Å². The highest BCUT2D eigenvalue weighted by Gasteiger charge is 2.21. The number of unbranched alkanes of at least 4 members (excludes halogenated alkanes) is 2. The molecule has 0 spiro atoms. The molecule has 4 nitrogen and oxygen atoms in total. The molecule has 0 fully saturated rings. The lowest BCUT2D eigenvalue weighted by Gasteiger charge is -2.13. The van der Waals surface area contributed by atoms with E-state index in [1.807, 2.05) is 41.5 Å². The smallest absolute Gasteiger partial charge is 0.143 e. The molecule has 2 atom stereocenters. The maximum Gasteiger partial charge on any atom is 0.143 e. The minimum absolute atomic E-state index is 0.0161. The first-order valence-corrected chi connectivity index (χ1v) is 12.2. The summed E-state index contributed by atoms with van der Waals surface area (Å²) in [6.07, 6.45) is 8.28. The standard InChI is InChI=1S/2C13H24O2/c2*1-5-7-8-11(6-2)13(15)9-12(14)10(3)4/h2*10-11H,5-9H2,1-4H3. The molecule has 0 aliphatic rings. The minimum atomic E-state index is -0.0161. The number of hydrogen-bond donors (Lipinski definition) is 0. The molecule has 0 N–H and O–H groups in total. The van der Waals surface area contributed by atoms with Crippen LogP contribution < -0.4 is 0 Å². The van der Waals surface area contributed by atoms with E-state index in [4.69, 9.17) is 0 Å². The van der Waals surface area contributed by atoms with Crippen molar-refractivity contribution in [3.05, 3.63) is 0 Å². The van der Waals surface area contributed by atoms with E-state index in [2.05, 4.69) is 13.8 Å². The molecule has 0 aliphatic heterocycles. The molecule has 0 aliphatic carbocycles. The largest absolute Gasteiger partial charge is 0.299 e. The summed E-state index contributed by atoms with van der Waals surface area (Å²) in [5.74, 6) is 0.620. The van der Waals surface area contributed by atoms with Crippen LogP contribution in [0.5, 0.6) is 0 Å². The Hall–Kier alpha value is -1.32. The number of carbonyl (C=O) groups excluding carboxylic acids is 4. The monoisotopic (exact) mass is 424 g/mol. The third kappa shape index (κ3) is 14.6. The Morgan fingerprint density at radius 1 is 0.533 bits per heavy atom. The van der Waals surface area contributed by atoms with E-state index in [1.165, 1.54) is 0 Å². The minimum Gasteiger partial charge on any atom is -0.299 e. The van der Waals surface area contributed by atoms with Crippen molar-refractivity contribution in [2.45, 2.75) is 120 Å². The van der Waals surface area contributed by atoms with Gasteiger partial charge < -0.3 is 0 Å². The summed E-state index contributed by atoms with van der Waals surface area (Å²) in [6.45, 7) is 15.7. The van der Waals surface area contributed by atoms with E-state index >= 15 is 0 Å². The molecule has 0 heterocycles. The summed E-state index contributed by atoms with van der Waals surface area (Å²) in [5, 5.41) is 0. The maximum atomic E-state index is 11.8. The lowest BCUT2D eigenvalue weighted by atomic mass is 9.90. The lowest BCUT2D eigenvalue weighted by molar-refractivity contribution is -0.132. The van der Waals surface area contributed by atoms with Crippen LogP contribution in [0.4, 0.5) is 0 Å². The third-order valence-electron chi connectivity index (χ3n) is 5.69. The molecule has 0 aromatic carbocycles. The molecule has 30 heavy (non-hydrogen) atoms. The van der Waals surface area contributed by atoms with Crippen molar-refractivity contribution in [1.82, 2.24) is 0 Å². The number of ketones is 4. The van der Waals surface area contributed by atoms with E-state index < -0.39 is 0 Å². The van der Waals surface area contributed by atoms with Crippen molar-refractivity contribution in [2.24, 2.45) is 23.7 Å². The molecule has 2 unspecified atom stereocenters. The zero-order chi connectivity index (χ0) is 23.7. The second kappa shape index (κ2) is 18.4. The van der Waals surface area contributed by atoms with Crippen molar-refractivity contribution >= 4 is 23.1 Å². The Morgan fingerprint density at radius 3 is 1.03 bits per heavy atom. The highest BCUT2D eigenvalue weighted by molar-refractivity contribution is 6.01. The molecular formula is C26H48O4. The fraction of sp³-hybridized carbons (Fsp3) is 0.846. The average Bonchev–Trinajstić information content (AvgIpc) is 2.69. The molecule has 0 aromatic rings. The zero-order valence-corrected chi connectivity index (χ0v) is 21.0. The van der Waals surface area contributed by atoms with Crippen LogP contribution in [-0.4, -0.2) is 23.1 Å². The van der Waals surface area contributed by atoms with E-state index in [-0.39, 0.29) is 59.6 Å². The zero-order valence-electron chi connectivity index (χ0n) is 21.0. The molecule has 0 bridgehead atoms. The van der Waals surface area contributed by atoms with Gasteiger partial charge in [-0.25, -0.2) is 0 Å². The van der Waals surface area contributed by atoms with Crippen LogP contribution in [0.1, 0.15) is 120 Å². The van der Waals surface area contributed by atoms with E-state index in [0.29, 0.717) is 0 Å². The van der Waals surface area contributed by atoms with Gasteiger partial charge in [0.25, 0.3) is 0 Å². The Kier molecular flexibility index (Phi) is 19.0. The van der Waals surface area contributed by atoms with Crippen LogP contribution in [0.25, 0.3) is 0 Å². The highest BCUT2D eigenvalue weighted by Crippen LogP contribution is 2.17. The molecular weight excluding hydrogens is 376 g/mol. The molecule has 0 saturated carbocycles. The van der Waals surface area contributed by atoms with Gasteiger partial charge in [0, 0.05) is 23.7 Å². The maximum absolute atomic E-state index is 11.8. The van der Waals surface area contributed by atoms with Gasteiger partial charge in [-0.2, -0.15) is 0 Å². The van der Waals surface area contributed by atoms with Crippen LogP contribution >= 0.6 is 0 Å². The summed E-state index contributed by atoms with van der Waals surface area (Å²) in [7, 11) is 0. The van der Waals surface area contributed by atoms with Gasteiger partial charge in [-0.3, -0.25) is 19.2 Å². The Morgan fingerprint density at radius 2 is 0.833 bits per heavy atom. The fourth-order valence-corrected chi connectivity index (χ4v) is 3.13. The summed E-state index contributed by atoms with van der Waals surface area (Å²) in [6, 6.07) is 0. The normalized spacial score (nSPS) is 12.9. The number of rotatable bonds is 16. The fourth-order valence-electron chi connectivity index (χ4n) is 3.13. The number of Topliss-reactive ketones (excluding diaryl/α,β-unsaturated/α-hetero) is 4. The van der Waals surface area contributed by atoms with Crippen LogP contribution in [0.15, 0.2) is 0 Å². The molecule has 0 aromatic heterocycles. The molecule has 0 amide bonds. The predicted molar refractivity (Wildman–Crippen MR) is 126 cm³/mol. The highest BCUT2D eigenvalue weighted by atomic mass is 16.2. The van der Waals surface area contributed by atoms with Gasteiger partial charge in [0.15, 0.2) is 0 Å². The third-order valence-corrected chi connectivity index (χ3v) is 5.69. The van der Waals surface area contributed by atoms with E-state index in [0.717, 1.165) is 51.4 Å². The van der Waals surface area contributed by atoms with Gasteiger partial charge in [-0.15, -0.1) is 0 Å². The van der Waals surface area contributed by atoms with Gasteiger partial charge in [0.1, 0.15) is 23.1 Å². The number of carbonyl (C=O) groups is 4. The topological polar surface area (TPSA) is 68.3 Å². The molecule has 4 heteroatoms. The number of hydrogen-bond acceptors (Lipinski definition) is 4. The van der Waals surface area contributed by atoms with E-state index in [1.54, 1.807) is 0 Å². The lowest BCUT2D eigenvalue weighted by Crippen LogP contribution is -2.20. The second-order valence-electron chi connectivity index (χ2n) is 9.02. The van der Waals surface area contributed by atoms with Gasteiger partial charge in [-0.05, 0) is 25.7 Å². The SMILES string of the molecule is CCCCC(CC)C(=O)CC(=O)C(C)C.CCCCC(CC)C(=O)CC(=O)C(C)C. The van der Waals surface area contributed by atoms with Crippen molar-refractivity contribution in [3.63, 3.8) is 0 Å². The van der Waals surface area contributed by atoms with Gasteiger partial charge in [0.2, 0.25) is 0 Å². The molecule has 0 radical (unpaired) electrons. The van der Waals surface area contributed by atoms with Crippen LogP contribution in [0, 0.1) is 23.7 Å². The molecule has 0 saturated heterocycles. The Labute approximate surface area is 186 Å². The first-order chi connectivity index (χ1) is 14.0. The summed E-state index contributed by atoms with van der Waals surface area (Å²) in [5.41, 5.74) is 0. The van der Waals surface area contributed by atoms with Gasteiger partial charge in [-0.1, -0.05) is 81.1 Å². The predicted octanol–water partition coefficient (Wildman–Crippen LogP) is 6.77. The van der Waals surface area contributed by atoms with Crippen molar-refractivity contribution in [3.8, 4) is 0 Å². The summed E-state index contributed by atoms with van der Waals surface area (Å²) in [4.78, 5) is 46.4. The average molecular weight is 425 g/mol. The van der Waals surface area contributed by atoms with Crippen molar-refractivity contribution in [2.75, 3.05) is 0 Å². The second-order valence-corrected chi connectivity index (χ2v) is 9.02. The van der Waals surface area contributed by atoms with Crippen molar-refractivity contribution in [1.29, 1.82) is 0 Å². The Balaban J connectivity index is 0. The Bertz CT molecular complexity index is 459. The van der Waals surface area contributed by atoms with E-state index in [9.17, 15) is 19.2 Å². The summed E-state index contributed by atoms with van der Waals surface area (Å²) >= 11 is 0. The van der Waals surface area contributed by atoms with Gasteiger partial charge >= 0.3 is 0 Å². The summed E-state index contributed by atoms with van der Waals surface area (Å²) < 4.78 is 0. The molecule has 176 valence electrons. The van der Waals surface area contributed by atoms with Crippen molar-refractivity contribution < 1.29 is 19.2 Å². The van der Waals surface area contributed by atoms with Crippen LogP contribution in [0.2, 0.25) is 0 Å². The molecule has 0 rings (SSSR count). The first-order valence-electron chi connectivity index (χ1n) is 12.2.